The molecule has 5 heteroatoms. The van der Waals surface area contributed by atoms with Gasteiger partial charge in [-0.2, -0.15) is 4.39 Å². The van der Waals surface area contributed by atoms with Crippen LogP contribution in [0.25, 0.3) is 12.2 Å². The van der Waals surface area contributed by atoms with Crippen LogP contribution in [-0.4, -0.2) is 15.0 Å². The Hall–Kier alpha value is -2.30. The number of nitrogens with two attached hydrogens (primary N) is 1. The second kappa shape index (κ2) is 5.35. The number of nitrogen functional groups attached to an aromatic ring is 1. The van der Waals surface area contributed by atoms with Crippen LogP contribution in [0.15, 0.2) is 24.5 Å². The van der Waals surface area contributed by atoms with E-state index in [4.69, 9.17) is 5.73 Å². The van der Waals surface area contributed by atoms with Crippen molar-refractivity contribution in [2.75, 3.05) is 5.73 Å². The third-order valence-electron chi connectivity index (χ3n) is 2.46. The molecule has 0 aromatic carbocycles. The second-order valence-corrected chi connectivity index (χ2v) is 3.74. The van der Waals surface area contributed by atoms with Gasteiger partial charge in [-0.25, -0.2) is 15.0 Å². The fourth-order valence-corrected chi connectivity index (χ4v) is 1.56. The van der Waals surface area contributed by atoms with Crippen molar-refractivity contribution in [1.29, 1.82) is 0 Å². The number of pyridine rings is 1. The molecule has 2 N–H and O–H groups in total. The van der Waals surface area contributed by atoms with Gasteiger partial charge in [-0.3, -0.25) is 0 Å². The molecule has 0 aliphatic carbocycles. The molecule has 92 valence electrons. The highest BCUT2D eigenvalue weighted by atomic mass is 19.1. The molecule has 18 heavy (non-hydrogen) atoms. The smallest absolute Gasteiger partial charge is 0.308 e. The van der Waals surface area contributed by atoms with Crippen LogP contribution in [0.4, 0.5) is 10.2 Å². The molecule has 0 atom stereocenters. The Morgan fingerprint density at radius 1 is 1.22 bits per heavy atom. The Morgan fingerprint density at radius 2 is 1.94 bits per heavy atom. The third-order valence-corrected chi connectivity index (χ3v) is 2.46. The van der Waals surface area contributed by atoms with E-state index in [1.807, 2.05) is 25.1 Å². The zero-order valence-corrected chi connectivity index (χ0v) is 9.97. The molecule has 0 saturated carbocycles. The van der Waals surface area contributed by atoms with E-state index in [-0.39, 0.29) is 0 Å². The van der Waals surface area contributed by atoms with Gasteiger partial charge < -0.3 is 5.73 Å². The van der Waals surface area contributed by atoms with E-state index in [0.717, 1.165) is 23.2 Å². The number of halogens is 1. The van der Waals surface area contributed by atoms with Crippen LogP contribution < -0.4 is 5.73 Å². The minimum Gasteiger partial charge on any atom is -0.384 e. The first-order valence-electron chi connectivity index (χ1n) is 5.60. The van der Waals surface area contributed by atoms with Gasteiger partial charge in [0.15, 0.2) is 0 Å². The van der Waals surface area contributed by atoms with E-state index in [1.165, 1.54) is 12.4 Å². The van der Waals surface area contributed by atoms with Gasteiger partial charge in [0, 0.05) is 23.7 Å². The van der Waals surface area contributed by atoms with Gasteiger partial charge in [0.05, 0.1) is 0 Å². The third kappa shape index (κ3) is 2.88. The van der Waals surface area contributed by atoms with Crippen LogP contribution in [0, 0.1) is 6.08 Å². The van der Waals surface area contributed by atoms with Crippen molar-refractivity contribution in [3.05, 3.63) is 47.4 Å². The number of nitrogens with zero attached hydrogens (tertiary/aromatic N) is 3. The quantitative estimate of drug-likeness (QED) is 0.841. The van der Waals surface area contributed by atoms with Crippen molar-refractivity contribution in [2.45, 2.75) is 13.3 Å². The highest BCUT2D eigenvalue weighted by molar-refractivity contribution is 5.70. The summed E-state index contributed by atoms with van der Waals surface area (Å²) >= 11 is 0. The van der Waals surface area contributed by atoms with Crippen molar-refractivity contribution in [3.8, 4) is 0 Å². The number of hydrogen-bond donors (Lipinski definition) is 1. The standard InChI is InChI=1S/C13H13FN4/c1-2-11-10(5-6-12(15)18-11)4-3-9-7-16-13(14)17-8-9/h3-8H,2H2,1H3,(H2,15,18). The maximum atomic E-state index is 12.5. The molecular formula is C13H13FN4. The second-order valence-electron chi connectivity index (χ2n) is 3.74. The summed E-state index contributed by atoms with van der Waals surface area (Å²) in [7, 11) is 0. The van der Waals surface area contributed by atoms with Crippen molar-refractivity contribution in [3.63, 3.8) is 0 Å². The van der Waals surface area contributed by atoms with Gasteiger partial charge in [-0.15, -0.1) is 0 Å². The van der Waals surface area contributed by atoms with Gasteiger partial charge in [-0.1, -0.05) is 19.1 Å². The lowest BCUT2D eigenvalue weighted by molar-refractivity contribution is 0.538. The van der Waals surface area contributed by atoms with E-state index < -0.39 is 6.08 Å². The van der Waals surface area contributed by atoms with E-state index >= 15 is 0 Å². The molecule has 0 radical (unpaired) electrons. The maximum absolute atomic E-state index is 12.5. The first kappa shape index (κ1) is 12.2. The zero-order valence-electron chi connectivity index (χ0n) is 9.97. The summed E-state index contributed by atoms with van der Waals surface area (Å²) in [5.74, 6) is 0.508. The fraction of sp³-hybridized carbons (Fsp3) is 0.154. The van der Waals surface area contributed by atoms with E-state index in [9.17, 15) is 4.39 Å². The largest absolute Gasteiger partial charge is 0.384 e. The number of anilines is 1. The minimum atomic E-state index is -0.726. The summed E-state index contributed by atoms with van der Waals surface area (Å²) in [6, 6.07) is 3.65. The molecule has 0 aliphatic rings. The van der Waals surface area contributed by atoms with Crippen LogP contribution >= 0.6 is 0 Å². The van der Waals surface area contributed by atoms with Crippen LogP contribution in [0.1, 0.15) is 23.7 Å². The number of aryl methyl sites for hydroxylation is 1. The molecule has 2 rings (SSSR count). The molecule has 0 fully saturated rings. The number of aromatic nitrogens is 3. The molecule has 0 saturated heterocycles. The van der Waals surface area contributed by atoms with E-state index in [2.05, 4.69) is 15.0 Å². The molecule has 0 spiro atoms. The lowest BCUT2D eigenvalue weighted by Gasteiger charge is -2.03. The maximum Gasteiger partial charge on any atom is 0.308 e. The highest BCUT2D eigenvalue weighted by Gasteiger charge is 2.00. The summed E-state index contributed by atoms with van der Waals surface area (Å²) in [5, 5.41) is 0. The van der Waals surface area contributed by atoms with Crippen molar-refractivity contribution in [1.82, 2.24) is 15.0 Å². The molecule has 0 bridgehead atoms. The average molecular weight is 244 g/mol. The van der Waals surface area contributed by atoms with Gasteiger partial charge in [0.2, 0.25) is 0 Å². The SMILES string of the molecule is CCc1nc(N)ccc1C=Cc1cnc(F)nc1. The molecule has 2 heterocycles. The Balaban J connectivity index is 2.25. The normalized spacial score (nSPS) is 11.0. The summed E-state index contributed by atoms with van der Waals surface area (Å²) in [5.41, 5.74) is 8.27. The van der Waals surface area contributed by atoms with Crippen LogP contribution in [0.5, 0.6) is 0 Å². The predicted molar refractivity (Wildman–Crippen MR) is 68.9 cm³/mol. The predicted octanol–water partition coefficient (Wildman–Crippen LogP) is 2.33. The van der Waals surface area contributed by atoms with Crippen molar-refractivity contribution in [2.24, 2.45) is 0 Å². The molecule has 2 aromatic rings. The Kier molecular flexibility index (Phi) is 3.62. The molecular weight excluding hydrogens is 231 g/mol. The summed E-state index contributed by atoms with van der Waals surface area (Å²) in [6.07, 6.45) is 6.62. The summed E-state index contributed by atoms with van der Waals surface area (Å²) in [6.45, 7) is 2.01. The van der Waals surface area contributed by atoms with Crippen LogP contribution in [0.2, 0.25) is 0 Å². The highest BCUT2D eigenvalue weighted by Crippen LogP contribution is 2.13. The first-order valence-corrected chi connectivity index (χ1v) is 5.60. The Bertz CT molecular complexity index is 564. The summed E-state index contributed by atoms with van der Waals surface area (Å²) in [4.78, 5) is 11.2. The van der Waals surface area contributed by atoms with Crippen LogP contribution in [-0.2, 0) is 6.42 Å². The molecule has 0 unspecified atom stereocenters. The fourth-order valence-electron chi connectivity index (χ4n) is 1.56. The average Bonchev–Trinajstić information content (AvgIpc) is 2.39. The number of rotatable bonds is 3. The zero-order chi connectivity index (χ0) is 13.0. The molecule has 2 aromatic heterocycles. The van der Waals surface area contributed by atoms with Gasteiger partial charge in [0.25, 0.3) is 0 Å². The summed E-state index contributed by atoms with van der Waals surface area (Å²) < 4.78 is 12.5. The first-order chi connectivity index (χ1) is 8.69. The lowest BCUT2D eigenvalue weighted by Crippen LogP contribution is -1.96. The minimum absolute atomic E-state index is 0.508. The van der Waals surface area contributed by atoms with Gasteiger partial charge >= 0.3 is 6.08 Å². The molecule has 0 aliphatic heterocycles. The van der Waals surface area contributed by atoms with E-state index in [0.29, 0.717) is 5.82 Å². The topological polar surface area (TPSA) is 64.7 Å². The van der Waals surface area contributed by atoms with Crippen molar-refractivity contribution < 1.29 is 4.39 Å². The Labute approximate surface area is 104 Å². The monoisotopic (exact) mass is 244 g/mol. The lowest BCUT2D eigenvalue weighted by atomic mass is 10.1. The van der Waals surface area contributed by atoms with Gasteiger partial charge in [0.1, 0.15) is 5.82 Å². The van der Waals surface area contributed by atoms with Crippen molar-refractivity contribution >= 4 is 18.0 Å². The van der Waals surface area contributed by atoms with E-state index in [1.54, 1.807) is 6.07 Å². The number of hydrogen-bond acceptors (Lipinski definition) is 4. The molecule has 4 nitrogen and oxygen atoms in total. The van der Waals surface area contributed by atoms with Gasteiger partial charge in [-0.05, 0) is 24.1 Å². The Morgan fingerprint density at radius 3 is 2.61 bits per heavy atom. The molecule has 0 amide bonds. The van der Waals surface area contributed by atoms with Crippen LogP contribution in [0.3, 0.4) is 0 Å².